The Hall–Kier alpha value is -0.0900. The van der Waals surface area contributed by atoms with Crippen molar-refractivity contribution in [3.63, 3.8) is 0 Å². The van der Waals surface area contributed by atoms with Crippen LogP contribution in [0.5, 0.6) is 0 Å². The maximum Gasteiger partial charge on any atom is 0.216 e. The van der Waals surface area contributed by atoms with Crippen molar-refractivity contribution in [2.75, 3.05) is 0 Å². The van der Waals surface area contributed by atoms with Gasteiger partial charge >= 0.3 is 0 Å². The quantitative estimate of drug-likeness (QED) is 0.810. The van der Waals surface area contributed by atoms with Crippen LogP contribution in [-0.4, -0.2) is 19.2 Å². The van der Waals surface area contributed by atoms with E-state index >= 15 is 0 Å². The topological polar surface area (TPSA) is 46.2 Å². The molecule has 94 valence electrons. The summed E-state index contributed by atoms with van der Waals surface area (Å²) < 4.78 is 26.4. The molecule has 3 nitrogen and oxygen atoms in total. The molecule has 4 heteroatoms. The van der Waals surface area contributed by atoms with Crippen molar-refractivity contribution >= 4 is 10.0 Å². The number of fused-ring (bicyclic) bond motifs is 1. The molecule has 0 radical (unpaired) electrons. The van der Waals surface area contributed by atoms with Gasteiger partial charge in [-0.15, -0.1) is 0 Å². The first-order valence-corrected chi connectivity index (χ1v) is 7.55. The third-order valence-electron chi connectivity index (χ3n) is 4.22. The first-order valence-electron chi connectivity index (χ1n) is 6.06. The van der Waals surface area contributed by atoms with Gasteiger partial charge in [-0.1, -0.05) is 13.8 Å². The second-order valence-electron chi connectivity index (χ2n) is 7.04. The van der Waals surface area contributed by atoms with E-state index in [-0.39, 0.29) is 6.04 Å². The van der Waals surface area contributed by atoms with Crippen LogP contribution >= 0.6 is 0 Å². The Morgan fingerprint density at radius 1 is 1.25 bits per heavy atom. The smallest absolute Gasteiger partial charge is 0.212 e. The summed E-state index contributed by atoms with van der Waals surface area (Å²) in [5.41, 5.74) is 0.315. The lowest BCUT2D eigenvalue weighted by Gasteiger charge is -2.26. The largest absolute Gasteiger partial charge is 0.216 e. The van der Waals surface area contributed by atoms with E-state index in [4.69, 9.17) is 0 Å². The predicted molar refractivity (Wildman–Crippen MR) is 65.6 cm³/mol. The summed E-state index contributed by atoms with van der Waals surface area (Å²) in [5.74, 6) is 1.33. The lowest BCUT2D eigenvalue weighted by Crippen LogP contribution is -2.45. The molecule has 0 aromatic rings. The van der Waals surface area contributed by atoms with Crippen LogP contribution in [0.4, 0.5) is 0 Å². The van der Waals surface area contributed by atoms with E-state index in [1.54, 1.807) is 20.8 Å². The molecule has 0 saturated heterocycles. The molecule has 3 atom stereocenters. The van der Waals surface area contributed by atoms with Crippen LogP contribution in [0, 0.1) is 17.3 Å². The van der Waals surface area contributed by atoms with Gasteiger partial charge in [0.05, 0.1) is 4.75 Å². The van der Waals surface area contributed by atoms with E-state index < -0.39 is 14.8 Å². The highest BCUT2D eigenvalue weighted by atomic mass is 32.2. The summed E-state index contributed by atoms with van der Waals surface area (Å²) in [4.78, 5) is 0. The average Bonchev–Trinajstić information content (AvgIpc) is 2.73. The fraction of sp³-hybridized carbons (Fsp3) is 1.00. The summed E-state index contributed by atoms with van der Waals surface area (Å²) in [6.07, 6.45) is 2.18. The van der Waals surface area contributed by atoms with Gasteiger partial charge in [0, 0.05) is 6.04 Å². The molecule has 0 aromatic carbocycles. The van der Waals surface area contributed by atoms with Gasteiger partial charge in [-0.05, 0) is 50.9 Å². The van der Waals surface area contributed by atoms with Crippen LogP contribution in [0.2, 0.25) is 0 Å². The first kappa shape index (κ1) is 12.4. The van der Waals surface area contributed by atoms with Gasteiger partial charge in [0.15, 0.2) is 0 Å². The predicted octanol–water partition coefficient (Wildman–Crippen LogP) is 2.14. The van der Waals surface area contributed by atoms with Crippen molar-refractivity contribution in [1.82, 2.24) is 4.72 Å². The van der Waals surface area contributed by atoms with Gasteiger partial charge in [0.1, 0.15) is 0 Å². The van der Waals surface area contributed by atoms with E-state index in [9.17, 15) is 8.42 Å². The van der Waals surface area contributed by atoms with Crippen molar-refractivity contribution in [3.05, 3.63) is 0 Å². The summed E-state index contributed by atoms with van der Waals surface area (Å²) in [7, 11) is -3.19. The molecule has 2 aliphatic carbocycles. The summed E-state index contributed by atoms with van der Waals surface area (Å²) in [6.45, 7) is 9.76. The normalized spacial score (nSPS) is 37.2. The molecular formula is C12H23NO2S. The molecule has 1 N–H and O–H groups in total. The lowest BCUT2D eigenvalue weighted by atomic mass is 9.87. The number of hydrogen-bond acceptors (Lipinski definition) is 2. The third kappa shape index (κ3) is 1.90. The molecule has 0 aliphatic heterocycles. The van der Waals surface area contributed by atoms with E-state index in [1.165, 1.54) is 6.42 Å². The first-order chi connectivity index (χ1) is 7.05. The molecule has 0 heterocycles. The Labute approximate surface area is 99.1 Å². The molecule has 2 aliphatic rings. The van der Waals surface area contributed by atoms with Gasteiger partial charge in [0.25, 0.3) is 0 Å². The van der Waals surface area contributed by atoms with Gasteiger partial charge < -0.3 is 0 Å². The molecule has 0 unspecified atom stereocenters. The third-order valence-corrected chi connectivity index (χ3v) is 6.44. The number of sulfonamides is 1. The zero-order chi connectivity index (χ0) is 12.4. The van der Waals surface area contributed by atoms with Gasteiger partial charge in [-0.3, -0.25) is 0 Å². The highest BCUT2D eigenvalue weighted by molar-refractivity contribution is 7.90. The zero-order valence-electron chi connectivity index (χ0n) is 10.9. The highest BCUT2D eigenvalue weighted by Crippen LogP contribution is 2.61. The fourth-order valence-electron chi connectivity index (χ4n) is 2.93. The van der Waals surface area contributed by atoms with Gasteiger partial charge in [-0.2, -0.15) is 0 Å². The Kier molecular flexibility index (Phi) is 2.49. The fourth-order valence-corrected chi connectivity index (χ4v) is 3.94. The number of nitrogens with one attached hydrogen (secondary N) is 1. The Morgan fingerprint density at radius 2 is 1.81 bits per heavy atom. The van der Waals surface area contributed by atoms with Crippen molar-refractivity contribution in [2.24, 2.45) is 17.3 Å². The minimum atomic E-state index is -3.19. The molecule has 16 heavy (non-hydrogen) atoms. The molecule has 0 spiro atoms. The van der Waals surface area contributed by atoms with Crippen LogP contribution in [0.3, 0.4) is 0 Å². The molecule has 2 fully saturated rings. The van der Waals surface area contributed by atoms with Crippen LogP contribution in [0.25, 0.3) is 0 Å². The minimum absolute atomic E-state index is 0.171. The monoisotopic (exact) mass is 245 g/mol. The van der Waals surface area contributed by atoms with Crippen molar-refractivity contribution in [2.45, 2.75) is 58.2 Å². The number of hydrogen-bond donors (Lipinski definition) is 1. The van der Waals surface area contributed by atoms with Crippen LogP contribution in [-0.2, 0) is 10.0 Å². The van der Waals surface area contributed by atoms with Crippen molar-refractivity contribution < 1.29 is 8.42 Å². The van der Waals surface area contributed by atoms with Crippen LogP contribution in [0.1, 0.15) is 47.5 Å². The lowest BCUT2D eigenvalue weighted by molar-refractivity contribution is 0.312. The van der Waals surface area contributed by atoms with Gasteiger partial charge in [-0.25, -0.2) is 13.1 Å². The second kappa shape index (κ2) is 3.22. The maximum atomic E-state index is 12.1. The van der Waals surface area contributed by atoms with E-state index in [0.717, 1.165) is 12.3 Å². The van der Waals surface area contributed by atoms with E-state index in [2.05, 4.69) is 18.6 Å². The second-order valence-corrected chi connectivity index (χ2v) is 9.51. The molecule has 0 amide bonds. The van der Waals surface area contributed by atoms with Crippen molar-refractivity contribution in [3.8, 4) is 0 Å². The molecule has 0 aromatic heterocycles. The van der Waals surface area contributed by atoms with E-state index in [1.807, 2.05) is 0 Å². The van der Waals surface area contributed by atoms with Crippen LogP contribution < -0.4 is 4.72 Å². The minimum Gasteiger partial charge on any atom is -0.212 e. The molecule has 2 rings (SSSR count). The summed E-state index contributed by atoms with van der Waals surface area (Å²) in [5, 5.41) is 0. The zero-order valence-corrected chi connectivity index (χ0v) is 11.7. The van der Waals surface area contributed by atoms with Crippen molar-refractivity contribution in [1.29, 1.82) is 0 Å². The molecule has 0 bridgehead atoms. The Balaban J connectivity index is 2.09. The molecular weight excluding hydrogens is 222 g/mol. The average molecular weight is 245 g/mol. The SMILES string of the molecule is CC1(C)C[C@@H](NS(=O)(=O)C(C)(C)C)[C@@H]2C[C@@H]21. The van der Waals surface area contributed by atoms with Crippen LogP contribution in [0.15, 0.2) is 0 Å². The maximum absolute atomic E-state index is 12.1. The molecule has 2 saturated carbocycles. The summed E-state index contributed by atoms with van der Waals surface area (Å²) >= 11 is 0. The van der Waals surface area contributed by atoms with E-state index in [0.29, 0.717) is 11.3 Å². The Bertz CT molecular complexity index is 392. The summed E-state index contributed by atoms with van der Waals surface area (Å²) in [6, 6.07) is 0.171. The Morgan fingerprint density at radius 3 is 2.12 bits per heavy atom. The van der Waals surface area contributed by atoms with Gasteiger partial charge in [0.2, 0.25) is 10.0 Å². The number of rotatable bonds is 2. The highest BCUT2D eigenvalue weighted by Gasteiger charge is 2.59. The standard InChI is InChI=1S/C12H23NO2S/c1-11(2,3)16(14,15)13-10-7-12(4,5)9-6-8(9)10/h8-10,13H,6-7H2,1-5H3/t8-,9+,10-/m1/s1.